The summed E-state index contributed by atoms with van der Waals surface area (Å²) in [6, 6.07) is 10.3. The van der Waals surface area contributed by atoms with Crippen molar-refractivity contribution in [3.05, 3.63) is 53.1 Å². The number of aliphatic hydroxyl groups excluding tert-OH is 1. The summed E-state index contributed by atoms with van der Waals surface area (Å²) in [6.07, 6.45) is 11.5. The van der Waals surface area contributed by atoms with E-state index >= 15 is 0 Å². The van der Waals surface area contributed by atoms with Gasteiger partial charge in [0.25, 0.3) is 0 Å². The molecule has 0 radical (unpaired) electrons. The van der Waals surface area contributed by atoms with Gasteiger partial charge in [-0.3, -0.25) is 4.79 Å². The fourth-order valence-corrected chi connectivity index (χ4v) is 7.19. The second-order valence-electron chi connectivity index (χ2n) is 10.2. The standard InChI is InChI=1S/C26H32O2/c1-25-12-10-20(27)16-19(25)8-9-21-22(25)11-13-26(2)23(21)15-18(24(26)28)14-17-6-4-3-5-7-17/h3-8,14,20-23,27H,9-13,15-16H2,1-2H3/b18-14-/t20-,21+,22-,23+,25-,26-/m1/s1. The lowest BCUT2D eigenvalue weighted by Crippen LogP contribution is -2.50. The first-order valence-corrected chi connectivity index (χ1v) is 11.1. The molecule has 1 N–H and O–H groups in total. The van der Waals surface area contributed by atoms with Crippen LogP contribution in [-0.2, 0) is 4.79 Å². The number of carbonyl (C=O) groups is 1. The number of Topliss-reactive ketones (excluding diaryl/α,β-unsaturated/α-hetero) is 1. The molecule has 0 unspecified atom stereocenters. The van der Waals surface area contributed by atoms with Gasteiger partial charge in [-0.15, -0.1) is 0 Å². The lowest BCUT2D eigenvalue weighted by Gasteiger charge is -2.56. The van der Waals surface area contributed by atoms with Gasteiger partial charge < -0.3 is 5.11 Å². The van der Waals surface area contributed by atoms with Gasteiger partial charge in [0.15, 0.2) is 5.78 Å². The number of hydrogen-bond acceptors (Lipinski definition) is 2. The van der Waals surface area contributed by atoms with E-state index in [9.17, 15) is 9.90 Å². The van der Waals surface area contributed by atoms with Gasteiger partial charge in [-0.2, -0.15) is 0 Å². The zero-order valence-electron chi connectivity index (χ0n) is 17.2. The van der Waals surface area contributed by atoms with Gasteiger partial charge in [-0.25, -0.2) is 0 Å². The topological polar surface area (TPSA) is 37.3 Å². The van der Waals surface area contributed by atoms with Gasteiger partial charge in [0.2, 0.25) is 0 Å². The summed E-state index contributed by atoms with van der Waals surface area (Å²) in [5, 5.41) is 10.2. The summed E-state index contributed by atoms with van der Waals surface area (Å²) in [6.45, 7) is 4.69. The average molecular weight is 377 g/mol. The van der Waals surface area contributed by atoms with Crippen LogP contribution in [0.2, 0.25) is 0 Å². The van der Waals surface area contributed by atoms with Crippen LogP contribution in [0.5, 0.6) is 0 Å². The van der Waals surface area contributed by atoms with Crippen LogP contribution in [0.25, 0.3) is 6.08 Å². The van der Waals surface area contributed by atoms with E-state index in [0.29, 0.717) is 23.5 Å². The molecule has 0 spiro atoms. The van der Waals surface area contributed by atoms with E-state index < -0.39 is 0 Å². The summed E-state index contributed by atoms with van der Waals surface area (Å²) in [4.78, 5) is 13.4. The number of allylic oxidation sites excluding steroid dienone is 2. The fourth-order valence-electron chi connectivity index (χ4n) is 7.19. The monoisotopic (exact) mass is 376 g/mol. The van der Waals surface area contributed by atoms with Gasteiger partial charge in [0, 0.05) is 5.41 Å². The third-order valence-corrected chi connectivity index (χ3v) is 8.86. The first kappa shape index (κ1) is 18.4. The van der Waals surface area contributed by atoms with Crippen molar-refractivity contribution in [3.8, 4) is 0 Å². The van der Waals surface area contributed by atoms with E-state index in [1.807, 2.05) is 18.2 Å². The quantitative estimate of drug-likeness (QED) is 0.514. The molecule has 1 aromatic carbocycles. The highest BCUT2D eigenvalue weighted by Crippen LogP contribution is 2.64. The molecule has 0 heterocycles. The van der Waals surface area contributed by atoms with Crippen LogP contribution < -0.4 is 0 Å². The molecule has 5 rings (SSSR count). The lowest BCUT2D eigenvalue weighted by molar-refractivity contribution is -0.130. The minimum Gasteiger partial charge on any atom is -0.393 e. The second-order valence-corrected chi connectivity index (χ2v) is 10.2. The average Bonchev–Trinajstić information content (AvgIpc) is 2.94. The Labute approximate surface area is 168 Å². The normalized spacial score (nSPS) is 43.9. The second kappa shape index (κ2) is 6.42. The SMILES string of the molecule is C[C@@]12CC[C@@H]3[C@H](CC=C4C[C@H](O)CC[C@]43C)[C@@H]1C/C(=C/c1ccccc1)C2=O. The van der Waals surface area contributed by atoms with Crippen LogP contribution in [0.4, 0.5) is 0 Å². The van der Waals surface area contributed by atoms with Crippen molar-refractivity contribution in [2.75, 3.05) is 0 Å². The molecule has 28 heavy (non-hydrogen) atoms. The van der Waals surface area contributed by atoms with Crippen LogP contribution >= 0.6 is 0 Å². The Morgan fingerprint density at radius 2 is 1.75 bits per heavy atom. The molecular weight excluding hydrogens is 344 g/mol. The van der Waals surface area contributed by atoms with Crippen molar-refractivity contribution in [1.82, 2.24) is 0 Å². The zero-order valence-corrected chi connectivity index (χ0v) is 17.2. The van der Waals surface area contributed by atoms with Crippen LogP contribution in [0, 0.1) is 28.6 Å². The molecule has 6 atom stereocenters. The van der Waals surface area contributed by atoms with Crippen LogP contribution in [0.15, 0.2) is 47.6 Å². The van der Waals surface area contributed by atoms with E-state index in [4.69, 9.17) is 0 Å². The summed E-state index contributed by atoms with van der Waals surface area (Å²) in [7, 11) is 0. The molecule has 4 aliphatic carbocycles. The maximum Gasteiger partial charge on any atom is 0.165 e. The Morgan fingerprint density at radius 1 is 1.00 bits per heavy atom. The first-order valence-electron chi connectivity index (χ1n) is 11.1. The van der Waals surface area contributed by atoms with Crippen LogP contribution in [0.1, 0.15) is 64.4 Å². The molecule has 0 aromatic heterocycles. The molecule has 2 heteroatoms. The highest BCUT2D eigenvalue weighted by molar-refractivity contribution is 6.05. The Morgan fingerprint density at radius 3 is 2.54 bits per heavy atom. The summed E-state index contributed by atoms with van der Waals surface area (Å²) < 4.78 is 0. The van der Waals surface area contributed by atoms with Crippen molar-refractivity contribution < 1.29 is 9.90 Å². The fraction of sp³-hybridized carbons (Fsp3) is 0.577. The highest BCUT2D eigenvalue weighted by Gasteiger charge is 2.59. The number of rotatable bonds is 1. The minimum atomic E-state index is -0.183. The van der Waals surface area contributed by atoms with Crippen molar-refractivity contribution >= 4 is 11.9 Å². The van der Waals surface area contributed by atoms with Crippen molar-refractivity contribution in [3.63, 3.8) is 0 Å². The maximum atomic E-state index is 13.4. The largest absolute Gasteiger partial charge is 0.393 e. The summed E-state index contributed by atoms with van der Waals surface area (Å²) in [5.41, 5.74) is 3.73. The summed E-state index contributed by atoms with van der Waals surface area (Å²) >= 11 is 0. The Balaban J connectivity index is 1.48. The van der Waals surface area contributed by atoms with Gasteiger partial charge in [-0.05, 0) is 85.3 Å². The Bertz CT molecular complexity index is 850. The van der Waals surface area contributed by atoms with Crippen molar-refractivity contribution in [2.45, 2.75) is 64.9 Å². The minimum absolute atomic E-state index is 0.154. The molecule has 0 amide bonds. The molecule has 2 nitrogen and oxygen atoms in total. The molecule has 0 bridgehead atoms. The number of benzene rings is 1. The number of aliphatic hydroxyl groups is 1. The molecule has 148 valence electrons. The zero-order chi connectivity index (χ0) is 19.5. The van der Waals surface area contributed by atoms with E-state index in [1.54, 1.807) is 0 Å². The van der Waals surface area contributed by atoms with E-state index in [0.717, 1.165) is 56.1 Å². The van der Waals surface area contributed by atoms with Gasteiger partial charge in [-0.1, -0.05) is 55.8 Å². The number of ketones is 1. The predicted molar refractivity (Wildman–Crippen MR) is 113 cm³/mol. The first-order chi connectivity index (χ1) is 13.4. The van der Waals surface area contributed by atoms with E-state index in [2.05, 4.69) is 38.1 Å². The number of carbonyl (C=O) groups excluding carboxylic acids is 1. The summed E-state index contributed by atoms with van der Waals surface area (Å²) in [5.74, 6) is 2.14. The molecule has 3 fully saturated rings. The molecule has 4 aliphatic rings. The predicted octanol–water partition coefficient (Wildman–Crippen LogP) is 5.57. The highest BCUT2D eigenvalue weighted by atomic mass is 16.3. The Hall–Kier alpha value is -1.67. The number of fused-ring (bicyclic) bond motifs is 5. The van der Waals surface area contributed by atoms with Crippen molar-refractivity contribution in [1.29, 1.82) is 0 Å². The number of hydrogen-bond donors (Lipinski definition) is 1. The van der Waals surface area contributed by atoms with Gasteiger partial charge in [0.05, 0.1) is 6.10 Å². The van der Waals surface area contributed by atoms with E-state index in [-0.39, 0.29) is 16.9 Å². The molecule has 0 saturated heterocycles. The van der Waals surface area contributed by atoms with Crippen LogP contribution in [-0.4, -0.2) is 17.0 Å². The third kappa shape index (κ3) is 2.60. The maximum absolute atomic E-state index is 13.4. The molecule has 0 aliphatic heterocycles. The Kier molecular flexibility index (Phi) is 4.21. The third-order valence-electron chi connectivity index (χ3n) is 8.86. The molecule has 1 aromatic rings. The van der Waals surface area contributed by atoms with E-state index in [1.165, 1.54) is 5.57 Å². The van der Waals surface area contributed by atoms with Crippen molar-refractivity contribution in [2.24, 2.45) is 28.6 Å². The lowest BCUT2D eigenvalue weighted by atomic mass is 9.48. The molecular formula is C26H32O2. The van der Waals surface area contributed by atoms with Gasteiger partial charge >= 0.3 is 0 Å². The van der Waals surface area contributed by atoms with Crippen LogP contribution in [0.3, 0.4) is 0 Å². The molecule has 3 saturated carbocycles. The van der Waals surface area contributed by atoms with Gasteiger partial charge in [0.1, 0.15) is 0 Å². The smallest absolute Gasteiger partial charge is 0.165 e.